The molecule has 0 unspecified atom stereocenters. The third-order valence-corrected chi connectivity index (χ3v) is 7.57. The van der Waals surface area contributed by atoms with Gasteiger partial charge in [0.05, 0.1) is 23.1 Å². The maximum atomic E-state index is 14.0. The number of benzene rings is 1. The maximum Gasteiger partial charge on any atom is 0.159 e. The second kappa shape index (κ2) is 10.8. The lowest BCUT2D eigenvalue weighted by molar-refractivity contribution is 0.356. The summed E-state index contributed by atoms with van der Waals surface area (Å²) < 4.78 is 14.0. The van der Waals surface area contributed by atoms with Crippen LogP contribution in [0.3, 0.4) is 0 Å². The zero-order valence-corrected chi connectivity index (χ0v) is 22.0. The molecular weight excluding hydrogens is 487 g/mol. The maximum absolute atomic E-state index is 14.0. The van der Waals surface area contributed by atoms with E-state index in [2.05, 4.69) is 32.8 Å². The van der Waals surface area contributed by atoms with Crippen molar-refractivity contribution in [1.29, 1.82) is 0 Å². The van der Waals surface area contributed by atoms with Crippen molar-refractivity contribution >= 4 is 16.5 Å². The number of hydrogen-bond acceptors (Lipinski definition) is 4. The normalized spacial score (nSPS) is 14.7. The molecule has 6 nitrogen and oxygen atoms in total. The second-order valence-electron chi connectivity index (χ2n) is 10.4. The van der Waals surface area contributed by atoms with E-state index in [1.54, 1.807) is 12.1 Å². The van der Waals surface area contributed by atoms with Gasteiger partial charge in [-0.05, 0) is 54.7 Å². The van der Waals surface area contributed by atoms with Crippen molar-refractivity contribution in [2.45, 2.75) is 45.4 Å². The quantitative estimate of drug-likeness (QED) is 0.217. The average Bonchev–Trinajstić information content (AvgIpc) is 3.55. The number of nitrogens with zero attached hydrogens (tertiary/aromatic N) is 4. The van der Waals surface area contributed by atoms with Gasteiger partial charge in [0.1, 0.15) is 11.5 Å². The number of rotatable bonds is 7. The van der Waals surface area contributed by atoms with Crippen molar-refractivity contribution in [3.63, 3.8) is 0 Å². The molecule has 6 rings (SSSR count). The van der Waals surface area contributed by atoms with Crippen molar-refractivity contribution in [3.8, 4) is 22.8 Å². The Balaban J connectivity index is 1.35. The number of aromatic amines is 2. The SMILES string of the molecule is C=C/C=C(/c1cccc(F)c1)c1nc(-c2n[nH]c3cnc(-c4cncc(CC5CCCCC5)c4)cc23)[nH]c1C. The van der Waals surface area contributed by atoms with Gasteiger partial charge < -0.3 is 4.98 Å². The number of allylic oxidation sites excluding steroid dienone is 2. The van der Waals surface area contributed by atoms with E-state index < -0.39 is 0 Å². The van der Waals surface area contributed by atoms with E-state index in [9.17, 15) is 4.39 Å². The summed E-state index contributed by atoms with van der Waals surface area (Å²) in [5.41, 5.74) is 7.72. The zero-order valence-electron chi connectivity index (χ0n) is 22.0. The summed E-state index contributed by atoms with van der Waals surface area (Å²) in [5, 5.41) is 8.57. The highest BCUT2D eigenvalue weighted by Crippen LogP contribution is 2.32. The van der Waals surface area contributed by atoms with Crippen LogP contribution < -0.4 is 0 Å². The Morgan fingerprint density at radius 3 is 2.79 bits per heavy atom. The summed E-state index contributed by atoms with van der Waals surface area (Å²) in [4.78, 5) is 17.5. The molecular formula is C32H31FN6. The molecule has 4 heterocycles. The molecule has 1 fully saturated rings. The highest BCUT2D eigenvalue weighted by atomic mass is 19.1. The van der Waals surface area contributed by atoms with Gasteiger partial charge in [0.15, 0.2) is 5.82 Å². The number of halogens is 1. The molecule has 5 aromatic rings. The molecule has 0 radical (unpaired) electrons. The van der Waals surface area contributed by atoms with E-state index in [-0.39, 0.29) is 5.82 Å². The van der Waals surface area contributed by atoms with Crippen molar-refractivity contribution in [3.05, 3.63) is 102 Å². The van der Waals surface area contributed by atoms with Crippen LogP contribution in [-0.4, -0.2) is 30.1 Å². The minimum Gasteiger partial charge on any atom is -0.340 e. The zero-order chi connectivity index (χ0) is 26.8. The van der Waals surface area contributed by atoms with Gasteiger partial charge in [-0.2, -0.15) is 5.10 Å². The van der Waals surface area contributed by atoms with E-state index in [0.717, 1.165) is 57.0 Å². The number of pyridine rings is 2. The average molecular weight is 519 g/mol. The minimum absolute atomic E-state index is 0.300. The van der Waals surface area contributed by atoms with Crippen LogP contribution in [0.1, 0.15) is 54.6 Å². The van der Waals surface area contributed by atoms with E-state index in [0.29, 0.717) is 11.5 Å². The van der Waals surface area contributed by atoms with Crippen molar-refractivity contribution in [1.82, 2.24) is 30.1 Å². The lowest BCUT2D eigenvalue weighted by Gasteiger charge is -2.21. The van der Waals surface area contributed by atoms with Gasteiger partial charge in [0.2, 0.25) is 0 Å². The molecule has 39 heavy (non-hydrogen) atoms. The van der Waals surface area contributed by atoms with Crippen LogP contribution >= 0.6 is 0 Å². The highest BCUT2D eigenvalue weighted by Gasteiger charge is 2.19. The summed E-state index contributed by atoms with van der Waals surface area (Å²) in [6, 6.07) is 10.8. The molecule has 0 aliphatic heterocycles. The summed E-state index contributed by atoms with van der Waals surface area (Å²) in [6.07, 6.45) is 16.9. The minimum atomic E-state index is -0.300. The van der Waals surface area contributed by atoms with Gasteiger partial charge in [-0.3, -0.25) is 15.1 Å². The monoisotopic (exact) mass is 518 g/mol. The summed E-state index contributed by atoms with van der Waals surface area (Å²) in [6.45, 7) is 5.79. The fourth-order valence-corrected chi connectivity index (χ4v) is 5.64. The summed E-state index contributed by atoms with van der Waals surface area (Å²) in [5.74, 6) is 1.07. The van der Waals surface area contributed by atoms with Crippen molar-refractivity contribution in [2.75, 3.05) is 0 Å². The second-order valence-corrected chi connectivity index (χ2v) is 10.4. The molecule has 196 valence electrons. The van der Waals surface area contributed by atoms with Gasteiger partial charge in [0.25, 0.3) is 0 Å². The first-order valence-electron chi connectivity index (χ1n) is 13.5. The van der Waals surface area contributed by atoms with Crippen LogP contribution in [0.5, 0.6) is 0 Å². The van der Waals surface area contributed by atoms with Crippen molar-refractivity contribution in [2.24, 2.45) is 5.92 Å². The van der Waals surface area contributed by atoms with Crippen LogP contribution in [0.2, 0.25) is 0 Å². The van der Waals surface area contributed by atoms with Crippen LogP contribution in [0.15, 0.2) is 73.7 Å². The fourth-order valence-electron chi connectivity index (χ4n) is 5.64. The van der Waals surface area contributed by atoms with E-state index >= 15 is 0 Å². The Hall–Kier alpha value is -4.39. The van der Waals surface area contributed by atoms with Crippen LogP contribution in [0.25, 0.3) is 39.3 Å². The molecule has 2 N–H and O–H groups in total. The number of aromatic nitrogens is 6. The Kier molecular flexibility index (Phi) is 6.88. The Bertz CT molecular complexity index is 1670. The van der Waals surface area contributed by atoms with E-state index in [1.165, 1.54) is 49.8 Å². The Labute approximate surface area is 227 Å². The number of fused-ring (bicyclic) bond motifs is 1. The Morgan fingerprint density at radius 2 is 1.97 bits per heavy atom. The third kappa shape index (κ3) is 5.17. The number of nitrogens with one attached hydrogen (secondary N) is 2. The topological polar surface area (TPSA) is 83.1 Å². The van der Waals surface area contributed by atoms with Gasteiger partial charge in [-0.1, -0.05) is 63.0 Å². The molecule has 0 atom stereocenters. The first kappa shape index (κ1) is 24.9. The molecule has 7 heteroatoms. The first-order valence-corrected chi connectivity index (χ1v) is 13.5. The predicted octanol–water partition coefficient (Wildman–Crippen LogP) is 7.60. The predicted molar refractivity (Wildman–Crippen MR) is 153 cm³/mol. The number of H-pyrrole nitrogens is 2. The third-order valence-electron chi connectivity index (χ3n) is 7.57. The lowest BCUT2D eigenvalue weighted by Crippen LogP contribution is -2.09. The van der Waals surface area contributed by atoms with E-state index in [4.69, 9.17) is 9.97 Å². The Morgan fingerprint density at radius 1 is 1.10 bits per heavy atom. The molecule has 1 saturated carbocycles. The van der Waals surface area contributed by atoms with Crippen LogP contribution in [0.4, 0.5) is 4.39 Å². The van der Waals surface area contributed by atoms with Crippen LogP contribution in [-0.2, 0) is 6.42 Å². The summed E-state index contributed by atoms with van der Waals surface area (Å²) in [7, 11) is 0. The molecule has 1 aromatic carbocycles. The highest BCUT2D eigenvalue weighted by molar-refractivity contribution is 5.93. The van der Waals surface area contributed by atoms with E-state index in [1.807, 2.05) is 43.7 Å². The molecule has 0 amide bonds. The summed E-state index contributed by atoms with van der Waals surface area (Å²) >= 11 is 0. The molecule has 1 aliphatic carbocycles. The number of hydrogen-bond donors (Lipinski definition) is 2. The van der Waals surface area contributed by atoms with Gasteiger partial charge >= 0.3 is 0 Å². The largest absolute Gasteiger partial charge is 0.340 e. The molecule has 0 bridgehead atoms. The van der Waals surface area contributed by atoms with Gasteiger partial charge in [-0.15, -0.1) is 0 Å². The smallest absolute Gasteiger partial charge is 0.159 e. The van der Waals surface area contributed by atoms with Crippen LogP contribution in [0, 0.1) is 18.7 Å². The standard InChI is InChI=1S/C32H31FN6/c1-3-8-26(23-11-7-12-25(33)15-23)30-20(2)36-32(37-30)31-27-16-28(35-19-29(27)38-39-31)24-14-22(17-34-18-24)13-21-9-5-4-6-10-21/h3,7-8,11-12,14-19,21H,1,4-6,9-10,13H2,2H3,(H,36,37)(H,38,39)/b26-8-. The first-order chi connectivity index (χ1) is 19.1. The lowest BCUT2D eigenvalue weighted by atomic mass is 9.85. The molecule has 1 aliphatic rings. The molecule has 0 spiro atoms. The fraction of sp³-hybridized carbons (Fsp3) is 0.250. The number of imidazole rings is 1. The number of aryl methyl sites for hydroxylation is 1. The van der Waals surface area contributed by atoms with Crippen molar-refractivity contribution < 1.29 is 4.39 Å². The molecule has 0 saturated heterocycles. The van der Waals surface area contributed by atoms with Gasteiger partial charge in [-0.25, -0.2) is 9.37 Å². The van der Waals surface area contributed by atoms with Gasteiger partial charge in [0, 0.05) is 34.6 Å². The molecule has 4 aromatic heterocycles.